The minimum absolute atomic E-state index is 0.0318. The van der Waals surface area contributed by atoms with Crippen LogP contribution in [0.5, 0.6) is 0 Å². The predicted molar refractivity (Wildman–Crippen MR) is 82.8 cm³/mol. The van der Waals surface area contributed by atoms with E-state index in [1.165, 1.54) is 32.1 Å². The molecule has 0 spiro atoms. The maximum Gasteiger partial charge on any atom is 0.139 e. The molecule has 0 aromatic carbocycles. The first kappa shape index (κ1) is 17.0. The summed E-state index contributed by atoms with van der Waals surface area (Å²) in [5.41, 5.74) is -0.0318. The molecule has 1 aliphatic carbocycles. The van der Waals surface area contributed by atoms with Crippen LogP contribution in [0, 0.1) is 39.9 Å². The summed E-state index contributed by atoms with van der Waals surface area (Å²) in [7, 11) is 0. The van der Waals surface area contributed by atoms with Crippen molar-refractivity contribution >= 4 is 0 Å². The molecule has 0 aromatic heterocycles. The summed E-state index contributed by atoms with van der Waals surface area (Å²) in [5.74, 6) is 0.183. The highest BCUT2D eigenvalue weighted by atomic mass is 14.5. The third-order valence-electron chi connectivity index (χ3n) is 5.24. The molecule has 0 saturated heterocycles. The molecule has 1 rings (SSSR count). The van der Waals surface area contributed by atoms with Crippen LogP contribution in [0.15, 0.2) is 0 Å². The molecule has 1 aliphatic rings. The zero-order valence-electron chi connectivity index (χ0n) is 13.3. The van der Waals surface area contributed by atoms with Crippen LogP contribution in [0.25, 0.3) is 0 Å². The van der Waals surface area contributed by atoms with E-state index >= 15 is 0 Å². The molecule has 0 radical (unpaired) electrons. The molecule has 2 nitrogen and oxygen atoms in total. The second-order valence-electron chi connectivity index (χ2n) is 6.47. The van der Waals surface area contributed by atoms with Crippen molar-refractivity contribution in [3.63, 3.8) is 0 Å². The first-order chi connectivity index (χ1) is 9.75. The predicted octanol–water partition coefficient (Wildman–Crippen LogP) is 5.60. The zero-order chi connectivity index (χ0) is 14.8. The Hall–Kier alpha value is -1.02. The number of nitriles is 2. The molecule has 0 atom stereocenters. The first-order valence-corrected chi connectivity index (χ1v) is 8.54. The molecule has 20 heavy (non-hydrogen) atoms. The molecular weight excluding hydrogens is 244 g/mol. The van der Waals surface area contributed by atoms with Crippen LogP contribution in [0.1, 0.15) is 84.5 Å². The zero-order valence-corrected chi connectivity index (χ0v) is 13.3. The Balaban J connectivity index is 3.02. The van der Waals surface area contributed by atoms with Crippen molar-refractivity contribution in [1.82, 2.24) is 0 Å². The summed E-state index contributed by atoms with van der Waals surface area (Å²) in [5, 5.41) is 19.0. The monoisotopic (exact) mass is 274 g/mol. The van der Waals surface area contributed by atoms with Gasteiger partial charge in [0.1, 0.15) is 5.92 Å². The van der Waals surface area contributed by atoms with Gasteiger partial charge in [-0.15, -0.1) is 0 Å². The lowest BCUT2D eigenvalue weighted by atomic mass is 9.58. The van der Waals surface area contributed by atoms with Gasteiger partial charge in [0.05, 0.1) is 12.1 Å². The van der Waals surface area contributed by atoms with Gasteiger partial charge in [-0.25, -0.2) is 0 Å². The van der Waals surface area contributed by atoms with Crippen molar-refractivity contribution in [2.24, 2.45) is 17.3 Å². The highest BCUT2D eigenvalue weighted by molar-refractivity contribution is 5.11. The average Bonchev–Trinajstić information content (AvgIpc) is 2.51. The molecule has 0 aromatic rings. The van der Waals surface area contributed by atoms with Crippen LogP contribution in [0.4, 0.5) is 0 Å². The number of hydrogen-bond donors (Lipinski definition) is 0. The number of unbranched alkanes of at least 4 members (excludes halogenated alkanes) is 2. The van der Waals surface area contributed by atoms with E-state index in [0.717, 1.165) is 38.5 Å². The highest BCUT2D eigenvalue weighted by Gasteiger charge is 2.44. The molecule has 0 amide bonds. The number of rotatable bonds is 8. The largest absolute Gasteiger partial charge is 0.197 e. The van der Waals surface area contributed by atoms with Crippen molar-refractivity contribution in [2.75, 3.05) is 0 Å². The van der Waals surface area contributed by atoms with Crippen LogP contribution < -0.4 is 0 Å². The van der Waals surface area contributed by atoms with Crippen molar-refractivity contribution < 1.29 is 0 Å². The van der Waals surface area contributed by atoms with Crippen molar-refractivity contribution in [3.05, 3.63) is 0 Å². The lowest BCUT2D eigenvalue weighted by molar-refractivity contribution is 0.0633. The van der Waals surface area contributed by atoms with Crippen molar-refractivity contribution in [2.45, 2.75) is 84.5 Å². The van der Waals surface area contributed by atoms with E-state index in [2.05, 4.69) is 26.0 Å². The molecule has 2 heteroatoms. The minimum Gasteiger partial charge on any atom is -0.197 e. The van der Waals surface area contributed by atoms with Gasteiger partial charge in [-0.05, 0) is 31.6 Å². The normalized spacial score (nSPS) is 16.9. The van der Waals surface area contributed by atoms with Crippen LogP contribution in [0.3, 0.4) is 0 Å². The minimum atomic E-state index is -0.413. The van der Waals surface area contributed by atoms with Crippen molar-refractivity contribution in [3.8, 4) is 12.1 Å². The Morgan fingerprint density at radius 3 is 1.85 bits per heavy atom. The van der Waals surface area contributed by atoms with E-state index in [1.807, 2.05) is 0 Å². The van der Waals surface area contributed by atoms with Gasteiger partial charge >= 0.3 is 0 Å². The van der Waals surface area contributed by atoms with Gasteiger partial charge in [-0.3, -0.25) is 0 Å². The third-order valence-corrected chi connectivity index (χ3v) is 5.24. The van der Waals surface area contributed by atoms with Gasteiger partial charge < -0.3 is 0 Å². The quantitative estimate of drug-likeness (QED) is 0.578. The molecule has 0 N–H and O–H groups in total. The summed E-state index contributed by atoms with van der Waals surface area (Å²) in [6, 6.07) is 4.69. The van der Waals surface area contributed by atoms with E-state index in [9.17, 15) is 10.5 Å². The molecule has 0 bridgehead atoms. The topological polar surface area (TPSA) is 47.6 Å². The number of hydrogen-bond acceptors (Lipinski definition) is 2. The van der Waals surface area contributed by atoms with E-state index in [1.54, 1.807) is 0 Å². The van der Waals surface area contributed by atoms with Crippen LogP contribution >= 0.6 is 0 Å². The molecule has 112 valence electrons. The Kier molecular flexibility index (Phi) is 7.68. The van der Waals surface area contributed by atoms with Gasteiger partial charge in [0, 0.05) is 5.41 Å². The highest BCUT2D eigenvalue weighted by Crippen LogP contribution is 2.50. The Labute approximate surface area is 125 Å². The smallest absolute Gasteiger partial charge is 0.139 e. The Bertz CT molecular complexity index is 319. The summed E-state index contributed by atoms with van der Waals surface area (Å²) < 4.78 is 0. The summed E-state index contributed by atoms with van der Waals surface area (Å²) in [4.78, 5) is 0. The summed E-state index contributed by atoms with van der Waals surface area (Å²) in [6.07, 6.45) is 13.1. The van der Waals surface area contributed by atoms with Gasteiger partial charge in [-0.1, -0.05) is 58.8 Å². The summed E-state index contributed by atoms with van der Waals surface area (Å²) >= 11 is 0. The van der Waals surface area contributed by atoms with E-state index < -0.39 is 5.92 Å². The second kappa shape index (κ2) is 9.02. The maximum atomic E-state index is 9.52. The van der Waals surface area contributed by atoms with E-state index in [-0.39, 0.29) is 5.41 Å². The molecule has 0 unspecified atom stereocenters. The second-order valence-corrected chi connectivity index (χ2v) is 6.47. The van der Waals surface area contributed by atoms with Crippen LogP contribution in [-0.2, 0) is 0 Å². The van der Waals surface area contributed by atoms with Crippen LogP contribution in [-0.4, -0.2) is 0 Å². The van der Waals surface area contributed by atoms with Crippen molar-refractivity contribution in [1.29, 1.82) is 10.5 Å². The number of nitrogens with zero attached hydrogens (tertiary/aromatic N) is 2. The molecule has 0 aliphatic heterocycles. The molecule has 1 fully saturated rings. The average molecular weight is 274 g/mol. The fourth-order valence-corrected chi connectivity index (χ4v) is 4.03. The Morgan fingerprint density at radius 1 is 0.950 bits per heavy atom. The van der Waals surface area contributed by atoms with Gasteiger partial charge in [-0.2, -0.15) is 10.5 Å². The first-order valence-electron chi connectivity index (χ1n) is 8.54. The lowest BCUT2D eigenvalue weighted by Gasteiger charge is -2.44. The van der Waals surface area contributed by atoms with E-state index in [0.29, 0.717) is 5.92 Å². The van der Waals surface area contributed by atoms with Gasteiger partial charge in [0.15, 0.2) is 0 Å². The van der Waals surface area contributed by atoms with Gasteiger partial charge in [0.25, 0.3) is 0 Å². The summed E-state index contributed by atoms with van der Waals surface area (Å²) in [6.45, 7) is 4.42. The third kappa shape index (κ3) is 3.99. The van der Waals surface area contributed by atoms with Crippen LogP contribution in [0.2, 0.25) is 0 Å². The lowest BCUT2D eigenvalue weighted by Crippen LogP contribution is -2.38. The maximum absolute atomic E-state index is 9.52. The van der Waals surface area contributed by atoms with Gasteiger partial charge in [0.2, 0.25) is 0 Å². The molecule has 0 heterocycles. The standard InChI is InChI=1S/C18H30N2/c1-3-5-12-18(13-6-4-2,17(14-19)15-20)16-10-8-7-9-11-16/h16-17H,3-13H2,1-2H3. The molecular formula is C18H30N2. The fraction of sp³-hybridized carbons (Fsp3) is 0.889. The molecule has 1 saturated carbocycles. The Morgan fingerprint density at radius 2 is 1.45 bits per heavy atom. The van der Waals surface area contributed by atoms with E-state index in [4.69, 9.17) is 0 Å². The SMILES string of the molecule is CCCCC(CCCC)(C(C#N)C#N)C1CCCCC1. The fourth-order valence-electron chi connectivity index (χ4n) is 4.03.